The van der Waals surface area contributed by atoms with E-state index in [0.717, 1.165) is 11.5 Å². The molecule has 1 aromatic heterocycles. The Labute approximate surface area is 114 Å². The maximum atomic E-state index is 11.6. The highest BCUT2D eigenvalue weighted by molar-refractivity contribution is 5.76. The Bertz CT molecular complexity index is 419. The van der Waals surface area contributed by atoms with Crippen molar-refractivity contribution in [3.63, 3.8) is 0 Å². The highest BCUT2D eigenvalue weighted by Gasteiger charge is 2.22. The highest BCUT2D eigenvalue weighted by Crippen LogP contribution is 2.24. The summed E-state index contributed by atoms with van der Waals surface area (Å²) in [5.74, 6) is 1.46. The van der Waals surface area contributed by atoms with E-state index in [1.807, 2.05) is 27.7 Å². The van der Waals surface area contributed by atoms with Gasteiger partial charge in [-0.3, -0.25) is 4.79 Å². The molecule has 0 fully saturated rings. The second kappa shape index (κ2) is 6.70. The third-order valence-electron chi connectivity index (χ3n) is 2.77. The average Bonchev–Trinajstić information content (AvgIpc) is 2.68. The normalized spacial score (nSPS) is 11.6. The molecule has 108 valence electrons. The lowest BCUT2D eigenvalue weighted by Gasteiger charge is -2.12. The number of oxazole rings is 1. The van der Waals surface area contributed by atoms with E-state index in [9.17, 15) is 4.79 Å². The van der Waals surface area contributed by atoms with Crippen LogP contribution in [0.2, 0.25) is 0 Å². The molecular formula is C14H24N2O3. The molecule has 0 unspecified atom stereocenters. The zero-order valence-electron chi connectivity index (χ0n) is 12.2. The van der Waals surface area contributed by atoms with Gasteiger partial charge in [-0.15, -0.1) is 0 Å². The molecule has 0 bridgehead atoms. The molecule has 1 heterocycles. The van der Waals surface area contributed by atoms with E-state index in [2.05, 4.69) is 10.3 Å². The van der Waals surface area contributed by atoms with Gasteiger partial charge in [-0.05, 0) is 13.3 Å². The molecule has 0 aliphatic carbocycles. The quantitative estimate of drug-likeness (QED) is 0.770. The minimum atomic E-state index is -0.119. The minimum Gasteiger partial charge on any atom is -0.445 e. The number of nitrogens with zero attached hydrogens (tertiary/aromatic N) is 1. The van der Waals surface area contributed by atoms with Gasteiger partial charge in [-0.2, -0.15) is 0 Å². The van der Waals surface area contributed by atoms with Crippen LogP contribution in [0.1, 0.15) is 51.0 Å². The van der Waals surface area contributed by atoms with Gasteiger partial charge >= 0.3 is 0 Å². The molecule has 0 spiro atoms. The molecule has 0 radical (unpaired) electrons. The summed E-state index contributed by atoms with van der Waals surface area (Å²) >= 11 is 0. The van der Waals surface area contributed by atoms with Crippen molar-refractivity contribution in [3.8, 4) is 0 Å². The number of aromatic nitrogens is 1. The lowest BCUT2D eigenvalue weighted by atomic mass is 9.97. The number of aryl methyl sites for hydroxylation is 2. The zero-order valence-corrected chi connectivity index (χ0v) is 12.2. The van der Waals surface area contributed by atoms with Crippen LogP contribution in [0.4, 0.5) is 0 Å². The molecule has 1 aromatic rings. The van der Waals surface area contributed by atoms with Crippen molar-refractivity contribution in [1.82, 2.24) is 10.3 Å². The fourth-order valence-electron chi connectivity index (χ4n) is 1.60. The van der Waals surface area contributed by atoms with E-state index < -0.39 is 0 Å². The molecular weight excluding hydrogens is 244 g/mol. The number of hydrogen-bond acceptors (Lipinski definition) is 4. The average molecular weight is 268 g/mol. The molecule has 0 aliphatic rings. The number of nitrogens with one attached hydrogen (secondary N) is 1. The van der Waals surface area contributed by atoms with Gasteiger partial charge in [0.05, 0.1) is 5.69 Å². The van der Waals surface area contributed by atoms with Crippen LogP contribution >= 0.6 is 0 Å². The zero-order chi connectivity index (χ0) is 14.5. The van der Waals surface area contributed by atoms with Crippen LogP contribution in [-0.2, 0) is 16.6 Å². The Balaban J connectivity index is 2.49. The van der Waals surface area contributed by atoms with Crippen LogP contribution in [0.3, 0.4) is 0 Å². The first-order chi connectivity index (χ1) is 8.84. The topological polar surface area (TPSA) is 75.4 Å². The first kappa shape index (κ1) is 15.7. The van der Waals surface area contributed by atoms with Crippen molar-refractivity contribution < 1.29 is 14.3 Å². The Hall–Kier alpha value is -1.36. The van der Waals surface area contributed by atoms with Gasteiger partial charge in [0.1, 0.15) is 5.76 Å². The smallest absolute Gasteiger partial charge is 0.220 e. The largest absolute Gasteiger partial charge is 0.445 e. The van der Waals surface area contributed by atoms with E-state index >= 15 is 0 Å². The Morgan fingerprint density at radius 3 is 2.63 bits per heavy atom. The van der Waals surface area contributed by atoms with Gasteiger partial charge in [0.15, 0.2) is 5.89 Å². The van der Waals surface area contributed by atoms with E-state index in [1.54, 1.807) is 0 Å². The number of carbonyl (C=O) groups excluding carboxylic acids is 1. The van der Waals surface area contributed by atoms with E-state index in [1.165, 1.54) is 0 Å². The minimum absolute atomic E-state index is 0.0263. The van der Waals surface area contributed by atoms with E-state index in [0.29, 0.717) is 31.7 Å². The summed E-state index contributed by atoms with van der Waals surface area (Å²) in [4.78, 5) is 16.0. The molecule has 0 aliphatic heterocycles. The van der Waals surface area contributed by atoms with Crippen molar-refractivity contribution in [2.45, 2.75) is 52.4 Å². The molecule has 1 rings (SSSR count). The number of hydrogen-bond donors (Lipinski definition) is 2. The van der Waals surface area contributed by atoms with Crippen LogP contribution in [0.15, 0.2) is 4.42 Å². The highest BCUT2D eigenvalue weighted by atomic mass is 16.4. The predicted octanol–water partition coefficient (Wildman–Crippen LogP) is 1.71. The molecule has 0 saturated heterocycles. The number of aliphatic hydroxyl groups excluding tert-OH is 1. The van der Waals surface area contributed by atoms with Gasteiger partial charge in [0, 0.05) is 31.4 Å². The molecule has 0 atom stereocenters. The molecule has 2 N–H and O–H groups in total. The van der Waals surface area contributed by atoms with Crippen LogP contribution < -0.4 is 5.32 Å². The van der Waals surface area contributed by atoms with Gasteiger partial charge in [-0.25, -0.2) is 4.98 Å². The third-order valence-corrected chi connectivity index (χ3v) is 2.77. The van der Waals surface area contributed by atoms with Crippen molar-refractivity contribution in [2.75, 3.05) is 13.2 Å². The summed E-state index contributed by atoms with van der Waals surface area (Å²) in [7, 11) is 0. The first-order valence-corrected chi connectivity index (χ1v) is 6.69. The standard InChI is InChI=1S/C14H24N2O3/c1-10-11(19-13(16-10)14(2,3)4)6-7-12(18)15-8-5-9-17/h17H,5-9H2,1-4H3,(H,15,18). The molecule has 19 heavy (non-hydrogen) atoms. The van der Waals surface area contributed by atoms with E-state index in [4.69, 9.17) is 9.52 Å². The van der Waals surface area contributed by atoms with Crippen molar-refractivity contribution in [3.05, 3.63) is 17.3 Å². The first-order valence-electron chi connectivity index (χ1n) is 6.69. The number of aliphatic hydroxyl groups is 1. The lowest BCUT2D eigenvalue weighted by molar-refractivity contribution is -0.121. The Morgan fingerprint density at radius 2 is 2.11 bits per heavy atom. The van der Waals surface area contributed by atoms with E-state index in [-0.39, 0.29) is 17.9 Å². The lowest BCUT2D eigenvalue weighted by Crippen LogP contribution is -2.25. The van der Waals surface area contributed by atoms with Gasteiger partial charge < -0.3 is 14.8 Å². The van der Waals surface area contributed by atoms with Crippen molar-refractivity contribution in [2.24, 2.45) is 0 Å². The Kier molecular flexibility index (Phi) is 5.54. The maximum absolute atomic E-state index is 11.6. The monoisotopic (exact) mass is 268 g/mol. The van der Waals surface area contributed by atoms with Crippen molar-refractivity contribution in [1.29, 1.82) is 0 Å². The number of amides is 1. The van der Waals surface area contributed by atoms with Gasteiger partial charge in [0.2, 0.25) is 5.91 Å². The molecule has 5 nitrogen and oxygen atoms in total. The van der Waals surface area contributed by atoms with Crippen LogP contribution in [-0.4, -0.2) is 29.1 Å². The second-order valence-corrected chi connectivity index (χ2v) is 5.70. The summed E-state index contributed by atoms with van der Waals surface area (Å²) < 4.78 is 5.72. The summed E-state index contributed by atoms with van der Waals surface area (Å²) in [6, 6.07) is 0. The van der Waals surface area contributed by atoms with Crippen LogP contribution in [0.25, 0.3) is 0 Å². The summed E-state index contributed by atoms with van der Waals surface area (Å²) in [6.07, 6.45) is 1.52. The second-order valence-electron chi connectivity index (χ2n) is 5.70. The van der Waals surface area contributed by atoms with Crippen molar-refractivity contribution >= 4 is 5.91 Å². The number of carbonyl (C=O) groups is 1. The third kappa shape index (κ3) is 5.03. The predicted molar refractivity (Wildman–Crippen MR) is 73.0 cm³/mol. The molecule has 0 aromatic carbocycles. The Morgan fingerprint density at radius 1 is 1.42 bits per heavy atom. The molecule has 1 amide bonds. The fraction of sp³-hybridized carbons (Fsp3) is 0.714. The summed E-state index contributed by atoms with van der Waals surface area (Å²) in [6.45, 7) is 8.64. The SMILES string of the molecule is Cc1nc(C(C)(C)C)oc1CCC(=O)NCCCO. The summed E-state index contributed by atoms with van der Waals surface area (Å²) in [5.41, 5.74) is 0.736. The van der Waals surface area contributed by atoms with Gasteiger partial charge in [-0.1, -0.05) is 20.8 Å². The van der Waals surface area contributed by atoms with Gasteiger partial charge in [0.25, 0.3) is 0 Å². The fourth-order valence-corrected chi connectivity index (χ4v) is 1.60. The molecule has 0 saturated carbocycles. The molecule has 5 heteroatoms. The van der Waals surface area contributed by atoms with Crippen LogP contribution in [0.5, 0.6) is 0 Å². The number of rotatable bonds is 6. The maximum Gasteiger partial charge on any atom is 0.220 e. The summed E-state index contributed by atoms with van der Waals surface area (Å²) in [5, 5.41) is 11.4. The van der Waals surface area contributed by atoms with Crippen LogP contribution in [0, 0.1) is 6.92 Å².